The van der Waals surface area contributed by atoms with E-state index in [0.717, 1.165) is 0 Å². The standard InChI is InChI=1S/C10H8N2O2/c13-10(8-4-2-1-3-5-8)14-9-6-11-7-12-9/h1-7H,(H,11,12). The first-order valence-electron chi connectivity index (χ1n) is 4.12. The second kappa shape index (κ2) is 3.74. The Hall–Kier alpha value is -2.10. The van der Waals surface area contributed by atoms with E-state index in [9.17, 15) is 4.79 Å². The summed E-state index contributed by atoms with van der Waals surface area (Å²) in [7, 11) is 0. The van der Waals surface area contributed by atoms with E-state index in [1.807, 2.05) is 6.07 Å². The van der Waals surface area contributed by atoms with E-state index in [2.05, 4.69) is 9.97 Å². The number of benzene rings is 1. The number of ether oxygens (including phenoxy) is 1. The molecule has 4 heteroatoms. The Balaban J connectivity index is 2.11. The average Bonchev–Trinajstić information content (AvgIpc) is 2.72. The monoisotopic (exact) mass is 188 g/mol. The number of aromatic nitrogens is 2. The molecule has 0 amide bonds. The first-order chi connectivity index (χ1) is 6.86. The highest BCUT2D eigenvalue weighted by atomic mass is 16.5. The minimum atomic E-state index is -0.394. The zero-order valence-corrected chi connectivity index (χ0v) is 7.31. The summed E-state index contributed by atoms with van der Waals surface area (Å²) in [6.45, 7) is 0. The number of imidazole rings is 1. The molecule has 1 aromatic heterocycles. The predicted molar refractivity (Wildman–Crippen MR) is 50.0 cm³/mol. The highest BCUT2D eigenvalue weighted by molar-refractivity contribution is 5.90. The lowest BCUT2D eigenvalue weighted by Gasteiger charge is -1.99. The molecule has 0 aliphatic rings. The molecule has 0 spiro atoms. The number of esters is 1. The van der Waals surface area contributed by atoms with Crippen molar-refractivity contribution < 1.29 is 9.53 Å². The maximum Gasteiger partial charge on any atom is 0.344 e. The van der Waals surface area contributed by atoms with Crippen molar-refractivity contribution in [1.29, 1.82) is 0 Å². The molecule has 1 heterocycles. The van der Waals surface area contributed by atoms with Crippen LogP contribution in [0.1, 0.15) is 10.4 Å². The smallest absolute Gasteiger partial charge is 0.344 e. The van der Waals surface area contributed by atoms with Gasteiger partial charge in [-0.1, -0.05) is 18.2 Å². The molecular formula is C10H8N2O2. The van der Waals surface area contributed by atoms with Crippen molar-refractivity contribution in [1.82, 2.24) is 9.97 Å². The van der Waals surface area contributed by atoms with Crippen molar-refractivity contribution in [2.75, 3.05) is 0 Å². The second-order valence-corrected chi connectivity index (χ2v) is 2.67. The molecular weight excluding hydrogens is 180 g/mol. The third-order valence-electron chi connectivity index (χ3n) is 1.69. The molecule has 0 fully saturated rings. The molecule has 0 saturated heterocycles. The van der Waals surface area contributed by atoms with Crippen molar-refractivity contribution in [2.45, 2.75) is 0 Å². The summed E-state index contributed by atoms with van der Waals surface area (Å²) in [6.07, 6.45) is 2.90. The third-order valence-corrected chi connectivity index (χ3v) is 1.69. The maximum absolute atomic E-state index is 11.4. The number of carbonyl (C=O) groups excluding carboxylic acids is 1. The molecule has 2 aromatic rings. The van der Waals surface area contributed by atoms with Crippen LogP contribution in [0.15, 0.2) is 42.9 Å². The zero-order valence-electron chi connectivity index (χ0n) is 7.31. The molecule has 0 bridgehead atoms. The molecule has 1 N–H and O–H groups in total. The summed E-state index contributed by atoms with van der Waals surface area (Å²) in [5.41, 5.74) is 0.516. The summed E-state index contributed by atoms with van der Waals surface area (Å²) in [4.78, 5) is 17.9. The average molecular weight is 188 g/mol. The molecule has 0 saturated carbocycles. The summed E-state index contributed by atoms with van der Waals surface area (Å²) < 4.78 is 4.98. The lowest BCUT2D eigenvalue weighted by Crippen LogP contribution is -2.08. The number of rotatable bonds is 2. The van der Waals surface area contributed by atoms with Crippen molar-refractivity contribution in [2.24, 2.45) is 0 Å². The fourth-order valence-electron chi connectivity index (χ4n) is 1.03. The molecule has 4 nitrogen and oxygen atoms in total. The fraction of sp³-hybridized carbons (Fsp3) is 0. The van der Waals surface area contributed by atoms with Gasteiger partial charge in [-0.3, -0.25) is 0 Å². The van der Waals surface area contributed by atoms with E-state index in [0.29, 0.717) is 11.4 Å². The highest BCUT2D eigenvalue weighted by Gasteiger charge is 2.07. The largest absolute Gasteiger partial charge is 0.404 e. The number of aromatic amines is 1. The van der Waals surface area contributed by atoms with Crippen molar-refractivity contribution in [3.63, 3.8) is 0 Å². The Morgan fingerprint density at radius 1 is 1.29 bits per heavy atom. The lowest BCUT2D eigenvalue weighted by atomic mass is 10.2. The van der Waals surface area contributed by atoms with Gasteiger partial charge < -0.3 is 9.72 Å². The summed E-state index contributed by atoms with van der Waals surface area (Å²) in [5, 5.41) is 0. The van der Waals surface area contributed by atoms with Crippen LogP contribution in [0.5, 0.6) is 5.88 Å². The van der Waals surface area contributed by atoms with E-state index in [1.165, 1.54) is 12.5 Å². The van der Waals surface area contributed by atoms with Crippen LogP contribution in [0.2, 0.25) is 0 Å². The minimum Gasteiger partial charge on any atom is -0.404 e. The summed E-state index contributed by atoms with van der Waals surface area (Å²) in [5.74, 6) is -0.0475. The molecule has 0 radical (unpaired) electrons. The van der Waals surface area contributed by atoms with Crippen molar-refractivity contribution in [3.8, 4) is 5.88 Å². The van der Waals surface area contributed by atoms with E-state index in [4.69, 9.17) is 4.74 Å². The number of carbonyl (C=O) groups is 1. The molecule has 0 unspecified atom stereocenters. The molecule has 14 heavy (non-hydrogen) atoms. The highest BCUT2D eigenvalue weighted by Crippen LogP contribution is 2.06. The van der Waals surface area contributed by atoms with Gasteiger partial charge in [0, 0.05) is 0 Å². The van der Waals surface area contributed by atoms with Crippen molar-refractivity contribution in [3.05, 3.63) is 48.4 Å². The first-order valence-corrected chi connectivity index (χ1v) is 4.12. The lowest BCUT2D eigenvalue weighted by molar-refractivity contribution is 0.0728. The maximum atomic E-state index is 11.4. The molecule has 0 atom stereocenters. The van der Waals surface area contributed by atoms with Crippen molar-refractivity contribution >= 4 is 5.97 Å². The molecule has 70 valence electrons. The Bertz CT molecular complexity index is 409. The first kappa shape index (κ1) is 8.50. The number of H-pyrrole nitrogens is 1. The zero-order chi connectivity index (χ0) is 9.80. The predicted octanol–water partition coefficient (Wildman–Crippen LogP) is 1.63. The third kappa shape index (κ3) is 1.80. The molecule has 2 rings (SSSR count). The summed E-state index contributed by atoms with van der Waals surface area (Å²) in [6, 6.07) is 8.79. The van der Waals surface area contributed by atoms with Crippen LogP contribution >= 0.6 is 0 Å². The number of nitrogens with zero attached hydrogens (tertiary/aromatic N) is 1. The van der Waals surface area contributed by atoms with E-state index in [1.54, 1.807) is 24.3 Å². The van der Waals surface area contributed by atoms with Gasteiger partial charge in [0.1, 0.15) is 0 Å². The van der Waals surface area contributed by atoms with Gasteiger partial charge >= 0.3 is 5.97 Å². The summed E-state index contributed by atoms with van der Waals surface area (Å²) >= 11 is 0. The van der Waals surface area contributed by atoms with E-state index in [-0.39, 0.29) is 0 Å². The molecule has 0 aliphatic carbocycles. The van der Waals surface area contributed by atoms with Crippen LogP contribution in [-0.4, -0.2) is 15.9 Å². The Morgan fingerprint density at radius 2 is 2.07 bits per heavy atom. The van der Waals surface area contributed by atoms with Gasteiger partial charge in [0.2, 0.25) is 5.88 Å². The van der Waals surface area contributed by atoms with Crippen LogP contribution in [0, 0.1) is 0 Å². The number of hydrogen-bond acceptors (Lipinski definition) is 3. The van der Waals surface area contributed by atoms with Gasteiger partial charge in [0.05, 0.1) is 18.1 Å². The fourth-order valence-corrected chi connectivity index (χ4v) is 1.03. The van der Waals surface area contributed by atoms with Gasteiger partial charge in [-0.25, -0.2) is 9.78 Å². The van der Waals surface area contributed by atoms with Crippen LogP contribution in [0.25, 0.3) is 0 Å². The van der Waals surface area contributed by atoms with Gasteiger partial charge in [-0.2, -0.15) is 0 Å². The Morgan fingerprint density at radius 3 is 2.71 bits per heavy atom. The van der Waals surface area contributed by atoms with Crippen LogP contribution in [0.3, 0.4) is 0 Å². The molecule has 0 aliphatic heterocycles. The van der Waals surface area contributed by atoms with Crippen LogP contribution in [0.4, 0.5) is 0 Å². The minimum absolute atomic E-state index is 0.346. The van der Waals surface area contributed by atoms with E-state index < -0.39 is 5.97 Å². The van der Waals surface area contributed by atoms with Gasteiger partial charge in [0.25, 0.3) is 0 Å². The van der Waals surface area contributed by atoms with Gasteiger partial charge in [0.15, 0.2) is 0 Å². The normalized spacial score (nSPS) is 9.71. The van der Waals surface area contributed by atoms with Gasteiger partial charge in [-0.05, 0) is 12.1 Å². The van der Waals surface area contributed by atoms with E-state index >= 15 is 0 Å². The quantitative estimate of drug-likeness (QED) is 0.728. The topological polar surface area (TPSA) is 55.0 Å². The number of nitrogens with one attached hydrogen (secondary N) is 1. The van der Waals surface area contributed by atoms with Gasteiger partial charge in [-0.15, -0.1) is 0 Å². The SMILES string of the molecule is O=C(Oc1cnc[nH]1)c1ccccc1. The Labute approximate surface area is 80.6 Å². The number of hydrogen-bond donors (Lipinski definition) is 1. The van der Waals surface area contributed by atoms with Crippen LogP contribution in [-0.2, 0) is 0 Å². The Kier molecular flexibility index (Phi) is 2.27. The second-order valence-electron chi connectivity index (χ2n) is 2.67. The van der Waals surface area contributed by atoms with Crippen LogP contribution < -0.4 is 4.74 Å². The molecule has 1 aromatic carbocycles.